The fourth-order valence-electron chi connectivity index (χ4n) is 1.72. The lowest BCUT2D eigenvalue weighted by Crippen LogP contribution is -2.19. The molecule has 2 aromatic rings. The molecule has 0 fully saturated rings. The molecule has 0 radical (unpaired) electrons. The Labute approximate surface area is 119 Å². The maximum absolute atomic E-state index is 12.1. The molecular formula is C12H7BrF3NO3. The standard InChI is InChI=1S/C12H7BrF3NO3/c13-8-3-1-7-2-4-10(20-6-12(14,15)16)11(17(18)19)9(7)5-8/h1-5H,6H2. The predicted molar refractivity (Wildman–Crippen MR) is 69.9 cm³/mol. The van der Waals surface area contributed by atoms with Gasteiger partial charge in [-0.2, -0.15) is 13.2 Å². The summed E-state index contributed by atoms with van der Waals surface area (Å²) in [6.07, 6.45) is -4.56. The summed E-state index contributed by atoms with van der Waals surface area (Å²) in [6, 6.07) is 7.41. The van der Waals surface area contributed by atoms with E-state index in [1.165, 1.54) is 18.2 Å². The van der Waals surface area contributed by atoms with E-state index < -0.39 is 29.1 Å². The molecule has 8 heteroatoms. The zero-order valence-corrected chi connectivity index (χ0v) is 11.4. The number of fused-ring (bicyclic) bond motifs is 1. The fraction of sp³-hybridized carbons (Fsp3) is 0.167. The van der Waals surface area contributed by atoms with Crippen LogP contribution in [0, 0.1) is 10.1 Å². The molecule has 2 rings (SSSR count). The largest absolute Gasteiger partial charge is 0.477 e. The lowest BCUT2D eigenvalue weighted by molar-refractivity contribution is -0.384. The summed E-state index contributed by atoms with van der Waals surface area (Å²) in [4.78, 5) is 10.4. The number of ether oxygens (including phenoxy) is 1. The van der Waals surface area contributed by atoms with E-state index in [2.05, 4.69) is 20.7 Å². The Balaban J connectivity index is 2.54. The van der Waals surface area contributed by atoms with Gasteiger partial charge >= 0.3 is 11.9 Å². The molecule has 0 aliphatic rings. The second kappa shape index (κ2) is 5.28. The van der Waals surface area contributed by atoms with Crippen molar-refractivity contribution >= 4 is 32.4 Å². The summed E-state index contributed by atoms with van der Waals surface area (Å²) in [5.74, 6) is -0.405. The first-order chi connectivity index (χ1) is 9.28. The third-order valence-corrected chi connectivity index (χ3v) is 2.99. The number of nitro benzene ring substituents is 1. The first kappa shape index (κ1) is 14.6. The van der Waals surface area contributed by atoms with Gasteiger partial charge < -0.3 is 4.74 Å². The summed E-state index contributed by atoms with van der Waals surface area (Å²) in [5.41, 5.74) is -0.479. The van der Waals surface area contributed by atoms with Crippen molar-refractivity contribution in [3.63, 3.8) is 0 Å². The molecule has 20 heavy (non-hydrogen) atoms. The Morgan fingerprint density at radius 2 is 1.90 bits per heavy atom. The van der Waals surface area contributed by atoms with Gasteiger partial charge in [0.2, 0.25) is 0 Å². The molecule has 0 N–H and O–H groups in total. The van der Waals surface area contributed by atoms with E-state index >= 15 is 0 Å². The number of rotatable bonds is 3. The second-order valence-corrected chi connectivity index (χ2v) is 4.85. The van der Waals surface area contributed by atoms with Gasteiger partial charge in [-0.25, -0.2) is 0 Å². The van der Waals surface area contributed by atoms with Crippen molar-refractivity contribution in [3.8, 4) is 5.75 Å². The predicted octanol–water partition coefficient (Wildman–Crippen LogP) is 4.45. The summed E-state index contributed by atoms with van der Waals surface area (Å²) in [7, 11) is 0. The van der Waals surface area contributed by atoms with Crippen molar-refractivity contribution in [1.29, 1.82) is 0 Å². The van der Waals surface area contributed by atoms with E-state index in [0.29, 0.717) is 9.86 Å². The molecule has 0 aliphatic heterocycles. The lowest BCUT2D eigenvalue weighted by atomic mass is 10.1. The van der Waals surface area contributed by atoms with Crippen LogP contribution in [0.2, 0.25) is 0 Å². The van der Waals surface area contributed by atoms with Gasteiger partial charge in [0, 0.05) is 4.47 Å². The lowest BCUT2D eigenvalue weighted by Gasteiger charge is -2.10. The number of benzene rings is 2. The minimum atomic E-state index is -4.56. The van der Waals surface area contributed by atoms with E-state index in [1.807, 2.05) is 0 Å². The number of nitrogens with zero attached hydrogens (tertiary/aromatic N) is 1. The van der Waals surface area contributed by atoms with Gasteiger partial charge in [-0.1, -0.05) is 28.1 Å². The van der Waals surface area contributed by atoms with Crippen LogP contribution in [0.4, 0.5) is 18.9 Å². The highest BCUT2D eigenvalue weighted by atomic mass is 79.9. The fourth-order valence-corrected chi connectivity index (χ4v) is 2.08. The molecule has 0 unspecified atom stereocenters. The number of hydrogen-bond acceptors (Lipinski definition) is 3. The Kier molecular flexibility index (Phi) is 3.85. The van der Waals surface area contributed by atoms with Crippen LogP contribution in [0.1, 0.15) is 0 Å². The normalized spacial score (nSPS) is 11.6. The molecule has 0 spiro atoms. The minimum Gasteiger partial charge on any atom is -0.477 e. The van der Waals surface area contributed by atoms with Gasteiger partial charge in [0.25, 0.3) is 0 Å². The minimum absolute atomic E-state index is 0.212. The molecule has 0 atom stereocenters. The van der Waals surface area contributed by atoms with Gasteiger partial charge in [0.1, 0.15) is 0 Å². The monoisotopic (exact) mass is 349 g/mol. The van der Waals surface area contributed by atoms with Crippen LogP contribution in [-0.4, -0.2) is 17.7 Å². The Hall–Kier alpha value is -1.83. The molecule has 0 saturated heterocycles. The topological polar surface area (TPSA) is 52.4 Å². The van der Waals surface area contributed by atoms with Crippen LogP contribution in [0.5, 0.6) is 5.75 Å². The van der Waals surface area contributed by atoms with E-state index in [4.69, 9.17) is 0 Å². The average molecular weight is 350 g/mol. The van der Waals surface area contributed by atoms with E-state index in [0.717, 1.165) is 0 Å². The number of halogens is 4. The maximum atomic E-state index is 12.1. The third kappa shape index (κ3) is 3.19. The molecule has 0 bridgehead atoms. The second-order valence-electron chi connectivity index (χ2n) is 3.94. The van der Waals surface area contributed by atoms with E-state index in [1.54, 1.807) is 12.1 Å². The van der Waals surface area contributed by atoms with Crippen LogP contribution in [0.15, 0.2) is 34.8 Å². The molecule has 0 aromatic heterocycles. The summed E-state index contributed by atoms with van der Waals surface area (Å²) in [5, 5.41) is 11.9. The van der Waals surface area contributed by atoms with Crippen LogP contribution in [0.25, 0.3) is 10.8 Å². The van der Waals surface area contributed by atoms with Crippen LogP contribution in [0.3, 0.4) is 0 Å². The van der Waals surface area contributed by atoms with Gasteiger partial charge in [0.05, 0.1) is 10.3 Å². The number of alkyl halides is 3. The smallest absolute Gasteiger partial charge is 0.422 e. The van der Waals surface area contributed by atoms with Gasteiger partial charge in [-0.05, 0) is 23.6 Å². The molecule has 4 nitrogen and oxygen atoms in total. The Morgan fingerprint density at radius 3 is 2.50 bits per heavy atom. The van der Waals surface area contributed by atoms with E-state index in [-0.39, 0.29) is 5.39 Å². The van der Waals surface area contributed by atoms with Crippen molar-refractivity contribution in [2.24, 2.45) is 0 Å². The van der Waals surface area contributed by atoms with E-state index in [9.17, 15) is 23.3 Å². The highest BCUT2D eigenvalue weighted by Crippen LogP contribution is 2.37. The first-order valence-electron chi connectivity index (χ1n) is 5.34. The van der Waals surface area contributed by atoms with Gasteiger partial charge in [-0.3, -0.25) is 10.1 Å². The highest BCUT2D eigenvalue weighted by Gasteiger charge is 2.30. The van der Waals surface area contributed by atoms with Crippen molar-refractivity contribution in [1.82, 2.24) is 0 Å². The molecule has 0 heterocycles. The quantitative estimate of drug-likeness (QED) is 0.607. The molecular weight excluding hydrogens is 343 g/mol. The van der Waals surface area contributed by atoms with Crippen molar-refractivity contribution in [3.05, 3.63) is 44.9 Å². The third-order valence-electron chi connectivity index (χ3n) is 2.49. The van der Waals surface area contributed by atoms with Crippen molar-refractivity contribution < 1.29 is 22.8 Å². The van der Waals surface area contributed by atoms with Crippen LogP contribution < -0.4 is 4.74 Å². The Morgan fingerprint density at radius 1 is 1.25 bits per heavy atom. The van der Waals surface area contributed by atoms with Crippen LogP contribution in [-0.2, 0) is 0 Å². The van der Waals surface area contributed by atoms with Gasteiger partial charge in [0.15, 0.2) is 12.4 Å². The SMILES string of the molecule is O=[N+]([O-])c1c(OCC(F)(F)F)ccc2ccc(Br)cc12. The summed E-state index contributed by atoms with van der Waals surface area (Å²) < 4.78 is 41.6. The zero-order chi connectivity index (χ0) is 14.9. The van der Waals surface area contributed by atoms with Crippen molar-refractivity contribution in [2.45, 2.75) is 6.18 Å². The highest BCUT2D eigenvalue weighted by molar-refractivity contribution is 9.10. The zero-order valence-electron chi connectivity index (χ0n) is 9.78. The summed E-state index contributed by atoms with van der Waals surface area (Å²) in [6.45, 7) is -1.58. The maximum Gasteiger partial charge on any atom is 0.422 e. The molecule has 0 amide bonds. The molecule has 2 aromatic carbocycles. The first-order valence-corrected chi connectivity index (χ1v) is 6.13. The van der Waals surface area contributed by atoms with Crippen LogP contribution >= 0.6 is 15.9 Å². The molecule has 0 saturated carbocycles. The average Bonchev–Trinajstić information content (AvgIpc) is 2.33. The number of nitro groups is 1. The number of hydrogen-bond donors (Lipinski definition) is 0. The Bertz CT molecular complexity index is 673. The molecule has 0 aliphatic carbocycles. The van der Waals surface area contributed by atoms with Gasteiger partial charge in [-0.15, -0.1) is 0 Å². The summed E-state index contributed by atoms with van der Waals surface area (Å²) >= 11 is 3.17. The molecule has 106 valence electrons. The van der Waals surface area contributed by atoms with Crippen molar-refractivity contribution in [2.75, 3.05) is 6.61 Å².